The number of hydrogen-bond acceptors (Lipinski definition) is 4. The van der Waals surface area contributed by atoms with E-state index in [1.54, 1.807) is 32.2 Å². The molecule has 0 aliphatic heterocycles. The lowest BCUT2D eigenvalue weighted by atomic mass is 10.2. The van der Waals surface area contributed by atoms with Crippen LogP contribution < -0.4 is 14.8 Å². The molecule has 0 unspecified atom stereocenters. The lowest BCUT2D eigenvalue weighted by Gasteiger charge is -2.19. The SMILES string of the molecule is CCN(CC(=O)O)C(=O)NCc1ccc(OC)c(OC)c1. The van der Waals surface area contributed by atoms with Crippen LogP contribution in [0.5, 0.6) is 11.5 Å². The van der Waals surface area contributed by atoms with Crippen molar-refractivity contribution in [3.63, 3.8) is 0 Å². The first-order valence-corrected chi connectivity index (χ1v) is 6.47. The number of benzene rings is 1. The molecule has 7 heteroatoms. The van der Waals surface area contributed by atoms with E-state index in [1.807, 2.05) is 0 Å². The summed E-state index contributed by atoms with van der Waals surface area (Å²) in [6, 6.07) is 4.88. The monoisotopic (exact) mass is 296 g/mol. The van der Waals surface area contributed by atoms with Crippen molar-refractivity contribution >= 4 is 12.0 Å². The molecule has 2 amide bonds. The normalized spacial score (nSPS) is 9.86. The second kappa shape index (κ2) is 7.98. The second-order valence-electron chi connectivity index (χ2n) is 4.26. The van der Waals surface area contributed by atoms with Crippen LogP contribution in [0.1, 0.15) is 12.5 Å². The Morgan fingerprint density at radius 1 is 1.24 bits per heavy atom. The zero-order valence-corrected chi connectivity index (χ0v) is 12.4. The number of carbonyl (C=O) groups excluding carboxylic acids is 1. The van der Waals surface area contributed by atoms with Gasteiger partial charge in [0.05, 0.1) is 14.2 Å². The van der Waals surface area contributed by atoms with Crippen molar-refractivity contribution in [3.05, 3.63) is 23.8 Å². The molecule has 21 heavy (non-hydrogen) atoms. The Kier molecular flexibility index (Phi) is 6.32. The molecule has 0 saturated heterocycles. The number of amides is 2. The molecule has 0 aromatic heterocycles. The summed E-state index contributed by atoms with van der Waals surface area (Å²) < 4.78 is 10.3. The molecule has 2 N–H and O–H groups in total. The van der Waals surface area contributed by atoms with Gasteiger partial charge in [-0.05, 0) is 24.6 Å². The molecule has 0 bridgehead atoms. The summed E-state index contributed by atoms with van der Waals surface area (Å²) in [5.74, 6) is 0.133. The smallest absolute Gasteiger partial charge is 0.323 e. The highest BCUT2D eigenvalue weighted by Crippen LogP contribution is 2.27. The molecule has 0 radical (unpaired) electrons. The van der Waals surface area contributed by atoms with E-state index in [0.717, 1.165) is 5.56 Å². The van der Waals surface area contributed by atoms with Crippen LogP contribution >= 0.6 is 0 Å². The van der Waals surface area contributed by atoms with Gasteiger partial charge in [-0.25, -0.2) is 4.79 Å². The van der Waals surface area contributed by atoms with Crippen LogP contribution in [0, 0.1) is 0 Å². The summed E-state index contributed by atoms with van der Waals surface area (Å²) in [5, 5.41) is 11.4. The molecule has 0 saturated carbocycles. The first-order valence-electron chi connectivity index (χ1n) is 6.47. The molecular weight excluding hydrogens is 276 g/mol. The molecule has 116 valence electrons. The summed E-state index contributed by atoms with van der Waals surface area (Å²) >= 11 is 0. The third-order valence-corrected chi connectivity index (χ3v) is 2.89. The Bertz CT molecular complexity index is 504. The van der Waals surface area contributed by atoms with E-state index in [4.69, 9.17) is 14.6 Å². The van der Waals surface area contributed by atoms with Crippen LogP contribution in [0.15, 0.2) is 18.2 Å². The second-order valence-corrected chi connectivity index (χ2v) is 4.26. The van der Waals surface area contributed by atoms with Crippen LogP contribution in [0.4, 0.5) is 4.79 Å². The lowest BCUT2D eigenvalue weighted by molar-refractivity contribution is -0.137. The first kappa shape index (κ1) is 16.6. The molecule has 0 atom stereocenters. The van der Waals surface area contributed by atoms with Crippen molar-refractivity contribution in [1.29, 1.82) is 0 Å². The predicted molar refractivity (Wildman–Crippen MR) is 76.7 cm³/mol. The highest BCUT2D eigenvalue weighted by Gasteiger charge is 2.14. The standard InChI is InChI=1S/C14H20N2O5/c1-4-16(9-13(17)18)14(19)15-8-10-5-6-11(20-2)12(7-10)21-3/h5-7H,4,8-9H2,1-3H3,(H,15,19)(H,17,18). The molecule has 0 spiro atoms. The number of nitrogens with zero attached hydrogens (tertiary/aromatic N) is 1. The number of carboxylic acids is 1. The highest BCUT2D eigenvalue weighted by atomic mass is 16.5. The molecule has 0 heterocycles. The Hall–Kier alpha value is -2.44. The topological polar surface area (TPSA) is 88.1 Å². The van der Waals surface area contributed by atoms with Gasteiger partial charge in [-0.15, -0.1) is 0 Å². The molecule has 1 aromatic rings. The molecular formula is C14H20N2O5. The molecule has 0 aliphatic rings. The Morgan fingerprint density at radius 2 is 1.90 bits per heavy atom. The maximum Gasteiger partial charge on any atom is 0.323 e. The van der Waals surface area contributed by atoms with Crippen LogP contribution in [0.2, 0.25) is 0 Å². The minimum atomic E-state index is -1.04. The quantitative estimate of drug-likeness (QED) is 0.792. The predicted octanol–water partition coefficient (Wildman–Crippen LogP) is 1.32. The third-order valence-electron chi connectivity index (χ3n) is 2.89. The fraction of sp³-hybridized carbons (Fsp3) is 0.429. The van der Waals surface area contributed by atoms with E-state index in [0.29, 0.717) is 18.0 Å². The summed E-state index contributed by atoms with van der Waals surface area (Å²) in [4.78, 5) is 23.7. The fourth-order valence-corrected chi connectivity index (χ4v) is 1.77. The van der Waals surface area contributed by atoms with Gasteiger partial charge in [-0.1, -0.05) is 6.07 Å². The minimum absolute atomic E-state index is 0.273. The molecule has 1 aromatic carbocycles. The average Bonchev–Trinajstić information content (AvgIpc) is 2.49. The molecule has 1 rings (SSSR count). The van der Waals surface area contributed by atoms with Gasteiger partial charge in [0.1, 0.15) is 6.54 Å². The van der Waals surface area contributed by atoms with Crippen molar-refractivity contribution in [2.45, 2.75) is 13.5 Å². The van der Waals surface area contributed by atoms with E-state index < -0.39 is 12.0 Å². The van der Waals surface area contributed by atoms with Gasteiger partial charge in [0, 0.05) is 13.1 Å². The minimum Gasteiger partial charge on any atom is -0.493 e. The maximum absolute atomic E-state index is 11.9. The van der Waals surface area contributed by atoms with Crippen molar-refractivity contribution in [1.82, 2.24) is 10.2 Å². The van der Waals surface area contributed by atoms with E-state index >= 15 is 0 Å². The average molecular weight is 296 g/mol. The lowest BCUT2D eigenvalue weighted by Crippen LogP contribution is -2.42. The Morgan fingerprint density at radius 3 is 2.43 bits per heavy atom. The summed E-state index contributed by atoms with van der Waals surface area (Å²) in [7, 11) is 3.08. The van der Waals surface area contributed by atoms with E-state index in [9.17, 15) is 9.59 Å². The zero-order valence-electron chi connectivity index (χ0n) is 12.4. The summed E-state index contributed by atoms with van der Waals surface area (Å²) in [6.07, 6.45) is 0. The van der Waals surface area contributed by atoms with Gasteiger partial charge in [-0.2, -0.15) is 0 Å². The Labute approximate surface area is 123 Å². The number of likely N-dealkylation sites (N-methyl/N-ethyl adjacent to an activating group) is 1. The van der Waals surface area contributed by atoms with Gasteiger partial charge < -0.3 is 24.8 Å². The summed E-state index contributed by atoms with van der Waals surface area (Å²) in [5.41, 5.74) is 0.826. The van der Waals surface area contributed by atoms with Crippen molar-refractivity contribution in [2.75, 3.05) is 27.3 Å². The van der Waals surface area contributed by atoms with Crippen molar-refractivity contribution in [2.24, 2.45) is 0 Å². The van der Waals surface area contributed by atoms with Crippen LogP contribution in [-0.2, 0) is 11.3 Å². The number of carboxylic acid groups (broad SMARTS) is 1. The highest BCUT2D eigenvalue weighted by molar-refractivity contribution is 5.80. The van der Waals surface area contributed by atoms with Gasteiger partial charge in [0.25, 0.3) is 0 Å². The number of aliphatic carboxylic acids is 1. The number of urea groups is 1. The fourth-order valence-electron chi connectivity index (χ4n) is 1.77. The van der Waals surface area contributed by atoms with Crippen molar-refractivity contribution < 1.29 is 24.2 Å². The number of nitrogens with one attached hydrogen (secondary N) is 1. The number of carbonyl (C=O) groups is 2. The zero-order chi connectivity index (χ0) is 15.8. The molecule has 7 nitrogen and oxygen atoms in total. The van der Waals surface area contributed by atoms with E-state index in [-0.39, 0.29) is 13.1 Å². The van der Waals surface area contributed by atoms with Crippen LogP contribution in [-0.4, -0.2) is 49.3 Å². The van der Waals surface area contributed by atoms with E-state index in [2.05, 4.69) is 5.32 Å². The first-order chi connectivity index (χ1) is 10.0. The van der Waals surface area contributed by atoms with Gasteiger partial charge in [-0.3, -0.25) is 4.79 Å². The molecule has 0 aliphatic carbocycles. The number of rotatable bonds is 7. The van der Waals surface area contributed by atoms with Crippen molar-refractivity contribution in [3.8, 4) is 11.5 Å². The largest absolute Gasteiger partial charge is 0.493 e. The van der Waals surface area contributed by atoms with Gasteiger partial charge in [0.2, 0.25) is 0 Å². The summed E-state index contributed by atoms with van der Waals surface area (Å²) in [6.45, 7) is 1.99. The van der Waals surface area contributed by atoms with E-state index in [1.165, 1.54) is 12.0 Å². The molecule has 0 fully saturated rings. The van der Waals surface area contributed by atoms with Crippen LogP contribution in [0.25, 0.3) is 0 Å². The van der Waals surface area contributed by atoms with Gasteiger partial charge in [0.15, 0.2) is 11.5 Å². The maximum atomic E-state index is 11.9. The van der Waals surface area contributed by atoms with Crippen LogP contribution in [0.3, 0.4) is 0 Å². The number of ether oxygens (including phenoxy) is 2. The third kappa shape index (κ3) is 4.87. The van der Waals surface area contributed by atoms with Gasteiger partial charge >= 0.3 is 12.0 Å². The Balaban J connectivity index is 2.65. The number of hydrogen-bond donors (Lipinski definition) is 2. The number of methoxy groups -OCH3 is 2.